The fourth-order valence-electron chi connectivity index (χ4n) is 17.4. The van der Waals surface area contributed by atoms with Gasteiger partial charge < -0.3 is 84.6 Å². The highest BCUT2D eigenvalue weighted by Gasteiger charge is 2.77. The smallest absolute Gasteiger partial charge is 0.317 e. The lowest BCUT2D eigenvalue weighted by atomic mass is 9.44. The first-order valence-electron chi connectivity index (χ1n) is 32.2. The molecule has 3 aliphatic heterocycles. The molecule has 4 unspecified atom stereocenters. The molecule has 0 radical (unpaired) electrons. The van der Waals surface area contributed by atoms with Crippen molar-refractivity contribution in [3.8, 4) is 0 Å². The summed E-state index contributed by atoms with van der Waals surface area (Å²) in [4.78, 5) is 59.1. The maximum absolute atomic E-state index is 17.9. The molecule has 7 rings (SSSR count). The number of rotatable bonds is 13. The zero-order chi connectivity index (χ0) is 66.1. The van der Waals surface area contributed by atoms with Crippen LogP contribution in [0.1, 0.15) is 162 Å². The van der Waals surface area contributed by atoms with E-state index in [0.717, 1.165) is 6.08 Å². The molecule has 6 fully saturated rings. The number of ether oxygens (including phenoxy) is 6. The van der Waals surface area contributed by atoms with Crippen LogP contribution >= 0.6 is 0 Å². The zero-order valence-corrected chi connectivity index (χ0v) is 55.4. The lowest BCUT2D eigenvalue weighted by Gasteiger charge is -2.63. The normalized spacial score (nSPS) is 48.8. The standard InChI is InChI=1S/C65H108F2N4O17/c1-19-48-62(15,80)52(75)39(9)71(57(78)69-33(2)3)32-34(4)29-60(13,79)53(88-55-50(74)46(70(16)17)26-36(6)84-55)37(7)51(38(8)54(76)86-48)87-49-31-61(14,83-18)63(81,40(10)85-49)22-20-24-68-56(77)65(82)35(5)25-42-43-28-45(66)44-27-41(72)21-23-58(44,11)64(43,67)47(73)30-59(42,65)12/h21,23,27,33-40,42-43,45-53,55,73-75,79-82H,19-20,22,24-26,28-32H2,1-18H3,(H,68,77)(H,69,78)/t34-,35-,36-,37-,38-,39-,40+,42?,43?,45+,46+,47+,48-,49?,50-,51+,52-,53-,55?,58+,59+,60-,61-,62-,63+,64+,65+/m1/s1. The number of halogens is 2. The third-order valence-electron chi connectivity index (χ3n) is 22.6. The summed E-state index contributed by atoms with van der Waals surface area (Å²) in [5.74, 6) is -7.38. The minimum absolute atomic E-state index is 0.0152. The fourth-order valence-corrected chi connectivity index (χ4v) is 17.4. The highest BCUT2D eigenvalue weighted by molar-refractivity contribution is 6.01. The topological polar surface area (TPSA) is 296 Å². The van der Waals surface area contributed by atoms with E-state index in [9.17, 15) is 54.9 Å². The van der Waals surface area contributed by atoms with Gasteiger partial charge in [0, 0.05) is 61.4 Å². The van der Waals surface area contributed by atoms with Gasteiger partial charge in [-0.2, -0.15) is 0 Å². The number of urea groups is 1. The van der Waals surface area contributed by atoms with Crippen molar-refractivity contribution in [1.82, 2.24) is 20.4 Å². The largest absolute Gasteiger partial charge is 0.459 e. The van der Waals surface area contributed by atoms with Crippen LogP contribution < -0.4 is 10.6 Å². The first-order chi connectivity index (χ1) is 40.6. The Labute approximate surface area is 520 Å². The van der Waals surface area contributed by atoms with Crippen molar-refractivity contribution in [3.05, 3.63) is 23.8 Å². The molecule has 0 spiro atoms. The zero-order valence-electron chi connectivity index (χ0n) is 55.4. The molecule has 3 heterocycles. The number of ketones is 1. The Morgan fingerprint density at radius 1 is 0.898 bits per heavy atom. The predicted octanol–water partition coefficient (Wildman–Crippen LogP) is 4.95. The Morgan fingerprint density at radius 2 is 1.55 bits per heavy atom. The Hall–Kier alpha value is -3.30. The molecule has 3 saturated carbocycles. The lowest BCUT2D eigenvalue weighted by Crippen LogP contribution is -2.71. The second-order valence-electron chi connectivity index (χ2n) is 29.4. The van der Waals surface area contributed by atoms with Crippen LogP contribution in [0.5, 0.6) is 0 Å². The van der Waals surface area contributed by atoms with Gasteiger partial charge in [-0.05, 0) is 170 Å². The van der Waals surface area contributed by atoms with Crippen molar-refractivity contribution < 1.29 is 92.1 Å². The molecule has 7 aliphatic rings. The number of aliphatic hydroxyl groups excluding tert-OH is 3. The van der Waals surface area contributed by atoms with Crippen LogP contribution in [-0.4, -0.2) is 223 Å². The van der Waals surface area contributed by atoms with Crippen LogP contribution in [0, 0.1) is 46.3 Å². The first kappa shape index (κ1) is 72.1. The summed E-state index contributed by atoms with van der Waals surface area (Å²) in [5.41, 5.74) is -14.7. The molecule has 0 aromatic heterocycles. The Morgan fingerprint density at radius 3 is 2.15 bits per heavy atom. The highest BCUT2D eigenvalue weighted by Crippen LogP contribution is 2.71. The summed E-state index contributed by atoms with van der Waals surface area (Å²) >= 11 is 0. The summed E-state index contributed by atoms with van der Waals surface area (Å²) in [5, 5.41) is 92.3. The van der Waals surface area contributed by atoms with Gasteiger partial charge in [0.1, 0.15) is 41.3 Å². The van der Waals surface area contributed by atoms with Gasteiger partial charge in [-0.3, -0.25) is 14.4 Å². The Kier molecular flexibility index (Phi) is 21.5. The van der Waals surface area contributed by atoms with Gasteiger partial charge in [0.25, 0.3) is 5.91 Å². The number of fused-ring (bicyclic) bond motifs is 5. The molecule has 3 amide bonds. The number of nitrogens with one attached hydrogen (secondary N) is 2. The van der Waals surface area contributed by atoms with Gasteiger partial charge in [-0.1, -0.05) is 40.7 Å². The number of aliphatic hydroxyl groups is 7. The number of cyclic esters (lactones) is 1. The number of amides is 3. The molecule has 0 aromatic rings. The number of nitrogens with zero attached hydrogens (tertiary/aromatic N) is 2. The molecular weight excluding hydrogens is 1150 g/mol. The minimum Gasteiger partial charge on any atom is -0.459 e. The van der Waals surface area contributed by atoms with Gasteiger partial charge >= 0.3 is 12.0 Å². The van der Waals surface area contributed by atoms with Crippen LogP contribution in [0.15, 0.2) is 23.8 Å². The summed E-state index contributed by atoms with van der Waals surface area (Å²) < 4.78 is 73.2. The van der Waals surface area contributed by atoms with E-state index in [2.05, 4.69) is 10.6 Å². The average molecular weight is 1260 g/mol. The molecule has 27 atom stereocenters. The monoisotopic (exact) mass is 1250 g/mol. The van der Waals surface area contributed by atoms with Gasteiger partial charge in [0.2, 0.25) is 0 Å². The number of methoxy groups -OCH3 is 1. The van der Waals surface area contributed by atoms with E-state index in [0.29, 0.717) is 6.42 Å². The lowest BCUT2D eigenvalue weighted by molar-refractivity contribution is -0.338. The van der Waals surface area contributed by atoms with Crippen LogP contribution in [0.3, 0.4) is 0 Å². The molecule has 0 bridgehead atoms. The predicted molar refractivity (Wildman–Crippen MR) is 321 cm³/mol. The van der Waals surface area contributed by atoms with E-state index in [1.807, 2.05) is 32.8 Å². The van der Waals surface area contributed by atoms with Crippen LogP contribution in [-0.2, 0) is 42.8 Å². The second kappa shape index (κ2) is 26.2. The number of hydrogen-bond donors (Lipinski definition) is 9. The number of hydrogen-bond acceptors (Lipinski definition) is 18. The quantitative estimate of drug-likeness (QED) is 0.0871. The van der Waals surface area contributed by atoms with E-state index in [1.165, 1.54) is 38.0 Å². The number of alkyl halides is 2. The highest BCUT2D eigenvalue weighted by atomic mass is 19.1. The van der Waals surface area contributed by atoms with Crippen LogP contribution in [0.4, 0.5) is 13.6 Å². The summed E-state index contributed by atoms with van der Waals surface area (Å²) in [6.07, 6.45) is -10.5. The van der Waals surface area contributed by atoms with Crippen LogP contribution in [0.2, 0.25) is 0 Å². The molecule has 23 heteroatoms. The molecule has 3 saturated heterocycles. The van der Waals surface area contributed by atoms with Crippen molar-refractivity contribution in [1.29, 1.82) is 0 Å². The van der Waals surface area contributed by atoms with Crippen molar-refractivity contribution in [2.75, 3.05) is 34.3 Å². The SMILES string of the molecule is CC[C@H]1OC(=O)[C@H](C)[C@@H](OC2C[C@@](C)(OC)[C@](O)(CCCNC(=O)[C@@]3(O)[C@H](C)CC4C5C[C@H](F)C6=CC(=O)C=C[C@]6(C)[C@@]5(F)[C@@H](O)C[C@@]43C)[C@H](C)O2)[C@@H](C)[C@@H](OC2O[C@H](C)C[C@H](N(C)C)[C@H]2O)[C@](C)(O)C[C@@H](C)CN(C(=O)NC(C)C)[C@H](C)[C@@H](O)[C@]1(C)O. The summed E-state index contributed by atoms with van der Waals surface area (Å²) in [7, 11) is 5.08. The molecule has 21 nitrogen and oxygen atoms in total. The summed E-state index contributed by atoms with van der Waals surface area (Å²) in [6.45, 7) is 24.8. The fraction of sp³-hybridized carbons (Fsp3) is 0.877. The van der Waals surface area contributed by atoms with Crippen molar-refractivity contribution in [2.45, 2.75) is 281 Å². The molecule has 4 aliphatic carbocycles. The maximum atomic E-state index is 17.9. The van der Waals surface area contributed by atoms with Crippen molar-refractivity contribution >= 4 is 23.7 Å². The third-order valence-corrected chi connectivity index (χ3v) is 22.6. The number of carbonyl (C=O) groups excluding carboxylic acids is 4. The summed E-state index contributed by atoms with van der Waals surface area (Å²) in [6, 6.07) is -2.29. The van der Waals surface area contributed by atoms with E-state index >= 15 is 8.78 Å². The molecule has 504 valence electrons. The molecule has 9 N–H and O–H groups in total. The van der Waals surface area contributed by atoms with Crippen LogP contribution in [0.25, 0.3) is 0 Å². The number of esters is 1. The Bertz CT molecular complexity index is 2580. The van der Waals surface area contributed by atoms with Crippen molar-refractivity contribution in [3.63, 3.8) is 0 Å². The van der Waals surface area contributed by atoms with Gasteiger partial charge in [0.05, 0.1) is 48.1 Å². The number of allylic oxidation sites excluding steroid dienone is 4. The van der Waals surface area contributed by atoms with E-state index < -0.39 is 183 Å². The van der Waals surface area contributed by atoms with Gasteiger partial charge in [-0.25, -0.2) is 13.6 Å². The number of carbonyl (C=O) groups is 4. The Balaban J connectivity index is 1.15. The second-order valence-corrected chi connectivity index (χ2v) is 29.4. The van der Waals surface area contributed by atoms with E-state index in [-0.39, 0.29) is 76.1 Å². The maximum Gasteiger partial charge on any atom is 0.317 e. The molecule has 88 heavy (non-hydrogen) atoms. The first-order valence-corrected chi connectivity index (χ1v) is 32.2. The number of likely N-dealkylation sites (N-methyl/N-ethyl adjacent to an activating group) is 1. The van der Waals surface area contributed by atoms with E-state index in [1.54, 1.807) is 76.2 Å². The average Bonchev–Trinajstić information content (AvgIpc) is 1.30. The van der Waals surface area contributed by atoms with E-state index in [4.69, 9.17) is 28.4 Å². The molecule has 0 aromatic carbocycles. The van der Waals surface area contributed by atoms with Gasteiger partial charge in [-0.15, -0.1) is 0 Å². The third kappa shape index (κ3) is 12.6. The molecular formula is C65H108F2N4O17. The van der Waals surface area contributed by atoms with Gasteiger partial charge in [0.15, 0.2) is 29.6 Å². The van der Waals surface area contributed by atoms with Crippen molar-refractivity contribution in [2.24, 2.45) is 46.3 Å². The minimum atomic E-state index is -2.39.